The van der Waals surface area contributed by atoms with Crippen LogP contribution in [0.1, 0.15) is 22.8 Å². The fourth-order valence-corrected chi connectivity index (χ4v) is 4.67. The van der Waals surface area contributed by atoms with Crippen LogP contribution in [0.4, 0.5) is 0 Å². The van der Waals surface area contributed by atoms with E-state index in [0.717, 1.165) is 44.8 Å². The molecule has 5 rings (SSSR count). The largest absolute Gasteiger partial charge is 0.473 e. The Morgan fingerprint density at radius 1 is 0.750 bits per heavy atom. The lowest BCUT2D eigenvalue weighted by atomic mass is 10.1. The van der Waals surface area contributed by atoms with Crippen LogP contribution in [0, 0.1) is 0 Å². The van der Waals surface area contributed by atoms with Gasteiger partial charge in [0.25, 0.3) is 5.91 Å². The maximum absolute atomic E-state index is 12.7. The molecule has 0 atom stereocenters. The van der Waals surface area contributed by atoms with E-state index in [0.29, 0.717) is 0 Å². The summed E-state index contributed by atoms with van der Waals surface area (Å²) in [4.78, 5) is 35.3. The third kappa shape index (κ3) is 5.39. The van der Waals surface area contributed by atoms with E-state index in [1.54, 1.807) is 0 Å². The molecule has 8 heteroatoms. The minimum absolute atomic E-state index is 0.143. The fraction of sp³-hybridized carbons (Fsp3) is 0.250. The maximum Gasteiger partial charge on any atom is 0.414 e. The van der Waals surface area contributed by atoms with Crippen molar-refractivity contribution in [2.45, 2.75) is 20.0 Å². The van der Waals surface area contributed by atoms with E-state index in [2.05, 4.69) is 58.9 Å². The molecule has 186 valence electrons. The summed E-state index contributed by atoms with van der Waals surface area (Å²) in [6.07, 6.45) is 0. The summed E-state index contributed by atoms with van der Waals surface area (Å²) in [7, 11) is 0. The number of aryl methyl sites for hydroxylation is 1. The molecule has 3 aromatic carbocycles. The molecule has 1 aliphatic rings. The average molecular weight is 488 g/mol. The summed E-state index contributed by atoms with van der Waals surface area (Å²) in [6, 6.07) is 25.1. The van der Waals surface area contributed by atoms with Gasteiger partial charge in [0.05, 0.1) is 0 Å². The lowest BCUT2D eigenvalue weighted by Gasteiger charge is -2.34. The standard InChI is InChI=1S/C26H27N3O.C2H2O4/c1-2-29-24-11-7-6-10-22(24)23-18-20(12-13-25(23)29)19-27-14-16-28(17-15-27)26(30)21-8-4-3-5-9-21;3-1(4)2(5)6/h3-13,18H,2,14-17,19H2,1H3;(H,3,4)(H,5,6). The number of aliphatic carboxylic acids is 2. The average Bonchev–Trinajstić information content (AvgIpc) is 3.22. The third-order valence-electron chi connectivity index (χ3n) is 6.42. The van der Waals surface area contributed by atoms with Gasteiger partial charge in [0, 0.05) is 66.6 Å². The van der Waals surface area contributed by atoms with E-state index < -0.39 is 11.9 Å². The number of nitrogens with zero attached hydrogens (tertiary/aromatic N) is 3. The molecule has 0 aliphatic carbocycles. The second-order valence-corrected chi connectivity index (χ2v) is 8.66. The highest BCUT2D eigenvalue weighted by Crippen LogP contribution is 2.30. The molecular weight excluding hydrogens is 458 g/mol. The van der Waals surface area contributed by atoms with Gasteiger partial charge in [0.1, 0.15) is 0 Å². The van der Waals surface area contributed by atoms with E-state index in [-0.39, 0.29) is 5.91 Å². The number of hydrogen-bond donors (Lipinski definition) is 2. The molecule has 1 amide bonds. The van der Waals surface area contributed by atoms with Gasteiger partial charge < -0.3 is 19.7 Å². The predicted molar refractivity (Wildman–Crippen MR) is 138 cm³/mol. The molecule has 1 aliphatic heterocycles. The first kappa shape index (κ1) is 24.9. The lowest BCUT2D eigenvalue weighted by Crippen LogP contribution is -2.48. The quantitative estimate of drug-likeness (QED) is 0.423. The number of carbonyl (C=O) groups is 3. The Balaban J connectivity index is 0.000000455. The molecule has 4 aromatic rings. The number of aromatic nitrogens is 1. The van der Waals surface area contributed by atoms with Gasteiger partial charge in [-0.25, -0.2) is 9.59 Å². The summed E-state index contributed by atoms with van der Waals surface area (Å²) < 4.78 is 2.39. The van der Waals surface area contributed by atoms with Gasteiger partial charge in [-0.05, 0) is 42.8 Å². The molecule has 0 bridgehead atoms. The number of carboxylic acid groups (broad SMARTS) is 2. The Bertz CT molecular complexity index is 1380. The van der Waals surface area contributed by atoms with Crippen LogP contribution < -0.4 is 0 Å². The first-order valence-corrected chi connectivity index (χ1v) is 11.9. The molecule has 1 fully saturated rings. The van der Waals surface area contributed by atoms with Crippen molar-refractivity contribution in [3.05, 3.63) is 83.9 Å². The molecule has 1 aromatic heterocycles. The molecule has 1 saturated heterocycles. The van der Waals surface area contributed by atoms with Crippen LogP contribution >= 0.6 is 0 Å². The van der Waals surface area contributed by atoms with Gasteiger partial charge in [0.2, 0.25) is 0 Å². The predicted octanol–water partition coefficient (Wildman–Crippen LogP) is 3.93. The highest BCUT2D eigenvalue weighted by molar-refractivity contribution is 6.27. The first-order valence-electron chi connectivity index (χ1n) is 11.9. The van der Waals surface area contributed by atoms with E-state index in [4.69, 9.17) is 19.8 Å². The van der Waals surface area contributed by atoms with Crippen LogP contribution in [0.2, 0.25) is 0 Å². The second kappa shape index (κ2) is 11.0. The smallest absolute Gasteiger partial charge is 0.414 e. The van der Waals surface area contributed by atoms with Gasteiger partial charge in [-0.3, -0.25) is 9.69 Å². The van der Waals surface area contributed by atoms with Gasteiger partial charge >= 0.3 is 11.9 Å². The third-order valence-corrected chi connectivity index (χ3v) is 6.42. The van der Waals surface area contributed by atoms with Crippen molar-refractivity contribution in [1.29, 1.82) is 0 Å². The zero-order valence-electron chi connectivity index (χ0n) is 20.1. The number of rotatable bonds is 4. The maximum atomic E-state index is 12.7. The monoisotopic (exact) mass is 487 g/mol. The molecule has 0 spiro atoms. The van der Waals surface area contributed by atoms with Crippen LogP contribution in [0.25, 0.3) is 21.8 Å². The highest BCUT2D eigenvalue weighted by atomic mass is 16.4. The zero-order valence-corrected chi connectivity index (χ0v) is 20.1. The van der Waals surface area contributed by atoms with Gasteiger partial charge in [-0.15, -0.1) is 0 Å². The van der Waals surface area contributed by atoms with Crippen molar-refractivity contribution in [2.24, 2.45) is 0 Å². The summed E-state index contributed by atoms with van der Waals surface area (Å²) in [6.45, 7) is 7.49. The number of para-hydroxylation sites is 1. The normalized spacial score (nSPS) is 13.9. The Morgan fingerprint density at radius 3 is 2.00 bits per heavy atom. The lowest BCUT2D eigenvalue weighted by molar-refractivity contribution is -0.159. The number of benzene rings is 3. The Kier molecular flexibility index (Phi) is 7.65. The van der Waals surface area contributed by atoms with Crippen LogP contribution in [-0.4, -0.2) is 68.6 Å². The van der Waals surface area contributed by atoms with Crippen LogP contribution in [0.15, 0.2) is 72.8 Å². The van der Waals surface area contributed by atoms with Gasteiger partial charge in [0.15, 0.2) is 0 Å². The fourth-order valence-electron chi connectivity index (χ4n) is 4.67. The van der Waals surface area contributed by atoms with Crippen LogP contribution in [0.3, 0.4) is 0 Å². The number of fused-ring (bicyclic) bond motifs is 3. The summed E-state index contributed by atoms with van der Waals surface area (Å²) in [5.41, 5.74) is 4.73. The molecule has 2 N–H and O–H groups in total. The number of carbonyl (C=O) groups excluding carboxylic acids is 1. The van der Waals surface area contributed by atoms with Gasteiger partial charge in [-0.2, -0.15) is 0 Å². The Morgan fingerprint density at radius 2 is 1.36 bits per heavy atom. The number of amides is 1. The zero-order chi connectivity index (χ0) is 25.7. The summed E-state index contributed by atoms with van der Waals surface area (Å²) >= 11 is 0. The Labute approximate surface area is 209 Å². The van der Waals surface area contributed by atoms with E-state index in [1.165, 1.54) is 27.4 Å². The molecule has 36 heavy (non-hydrogen) atoms. The van der Waals surface area contributed by atoms with Gasteiger partial charge in [-0.1, -0.05) is 42.5 Å². The SMILES string of the molecule is CCn1c2ccccc2c2cc(CN3CCN(C(=O)c4ccccc4)CC3)ccc21.O=C(O)C(=O)O. The number of carboxylic acids is 2. The minimum Gasteiger partial charge on any atom is -0.473 e. The summed E-state index contributed by atoms with van der Waals surface area (Å²) in [5.74, 6) is -3.51. The van der Waals surface area contributed by atoms with Crippen LogP contribution in [0.5, 0.6) is 0 Å². The highest BCUT2D eigenvalue weighted by Gasteiger charge is 2.22. The van der Waals surface area contributed by atoms with Crippen molar-refractivity contribution in [1.82, 2.24) is 14.4 Å². The number of hydrogen-bond acceptors (Lipinski definition) is 4. The van der Waals surface area contributed by atoms with Crippen molar-refractivity contribution in [3.8, 4) is 0 Å². The minimum atomic E-state index is -1.82. The van der Waals surface area contributed by atoms with E-state index >= 15 is 0 Å². The Hall–Kier alpha value is -4.17. The second-order valence-electron chi connectivity index (χ2n) is 8.66. The van der Waals surface area contributed by atoms with Crippen molar-refractivity contribution in [3.63, 3.8) is 0 Å². The molecule has 0 radical (unpaired) electrons. The molecule has 0 saturated carbocycles. The number of piperazine rings is 1. The van der Waals surface area contributed by atoms with E-state index in [1.807, 2.05) is 35.2 Å². The molecule has 0 unspecified atom stereocenters. The van der Waals surface area contributed by atoms with Crippen LogP contribution in [-0.2, 0) is 22.7 Å². The van der Waals surface area contributed by atoms with Crippen molar-refractivity contribution >= 4 is 39.7 Å². The molecule has 8 nitrogen and oxygen atoms in total. The van der Waals surface area contributed by atoms with Crippen molar-refractivity contribution < 1.29 is 24.6 Å². The first-order chi connectivity index (χ1) is 17.4. The molecule has 2 heterocycles. The molecular formula is C28H29N3O5. The topological polar surface area (TPSA) is 103 Å². The van der Waals surface area contributed by atoms with Crippen molar-refractivity contribution in [2.75, 3.05) is 26.2 Å². The van der Waals surface area contributed by atoms with E-state index in [9.17, 15) is 4.79 Å². The summed E-state index contributed by atoms with van der Waals surface area (Å²) in [5, 5.41) is 17.4.